The number of benzene rings is 2. The summed E-state index contributed by atoms with van der Waals surface area (Å²) in [7, 11) is 0. The Morgan fingerprint density at radius 1 is 0.826 bits per heavy atom. The average Bonchev–Trinajstić information content (AvgIpc) is 3.12. The number of carbonyl (C=O) groups is 5. The summed E-state index contributed by atoms with van der Waals surface area (Å²) in [4.78, 5) is 65.2. The molecule has 1 unspecified atom stereocenters. The summed E-state index contributed by atoms with van der Waals surface area (Å²) in [6.45, 7) is 3.69. The van der Waals surface area contributed by atoms with Crippen LogP contribution >= 0.6 is 11.6 Å². The summed E-state index contributed by atoms with van der Waals surface area (Å²) in [5.74, 6) is -3.49. The van der Waals surface area contributed by atoms with Crippen LogP contribution in [0.5, 0.6) is 0 Å². The molecule has 15 heteroatoms. The lowest BCUT2D eigenvalue weighted by Gasteiger charge is -2.44. The van der Waals surface area contributed by atoms with E-state index in [0.29, 0.717) is 22.0 Å². The number of fused-ring (bicyclic) bond motifs is 1. The Morgan fingerprint density at radius 3 is 2.11 bits per heavy atom. The van der Waals surface area contributed by atoms with Crippen molar-refractivity contribution in [3.05, 3.63) is 64.7 Å². The molecule has 2 aromatic carbocycles. The standard InChI is InChI=1S/C31H33ClN2O12/c1-16(35)42-15-24-26(43-17(2)36)27(44-18(3)37)28(45-19(4)38)31(46-24)41-13-12-40-30-29(39)33-23-11-10-21(32)14-22(23)25(34-30)20-8-6-5-7-9-20/h5-11,14,24,26-28,30-31H,12-13,15H2,1-4H3,(H,33,39)/t24-,26-,27+,28-,30?,31-/m1/s1. The highest BCUT2D eigenvalue weighted by Crippen LogP contribution is 2.31. The molecule has 0 aliphatic carbocycles. The fourth-order valence-electron chi connectivity index (χ4n) is 4.85. The molecule has 1 saturated heterocycles. The summed E-state index contributed by atoms with van der Waals surface area (Å²) in [6.07, 6.45) is -7.98. The van der Waals surface area contributed by atoms with Crippen LogP contribution in [0.2, 0.25) is 5.02 Å². The fraction of sp³-hybridized carbons (Fsp3) is 0.419. The van der Waals surface area contributed by atoms with Crippen molar-refractivity contribution in [1.29, 1.82) is 0 Å². The summed E-state index contributed by atoms with van der Waals surface area (Å²) >= 11 is 6.26. The number of amides is 1. The second kappa shape index (κ2) is 15.8. The molecule has 0 bridgehead atoms. The zero-order chi connectivity index (χ0) is 33.4. The van der Waals surface area contributed by atoms with Crippen LogP contribution in [-0.2, 0) is 57.1 Å². The zero-order valence-corrected chi connectivity index (χ0v) is 26.2. The molecule has 0 spiro atoms. The average molecular weight is 661 g/mol. The Hall–Kier alpha value is -4.37. The van der Waals surface area contributed by atoms with Gasteiger partial charge >= 0.3 is 23.9 Å². The maximum Gasteiger partial charge on any atom is 0.303 e. The minimum absolute atomic E-state index is 0.201. The third kappa shape index (κ3) is 9.10. The van der Waals surface area contributed by atoms with E-state index >= 15 is 0 Å². The molecular formula is C31H33ClN2O12. The SMILES string of the molecule is CC(=O)OC[C@H]1O[C@@H](OCCOC2N=C(c3ccccc3)c3cc(Cl)ccc3NC2=O)[C@H](OC(C)=O)[C@@H](OC(C)=O)[C@@H]1OC(C)=O. The molecule has 14 nitrogen and oxygen atoms in total. The van der Waals surface area contributed by atoms with Crippen LogP contribution in [-0.4, -0.2) is 92.3 Å². The minimum Gasteiger partial charge on any atom is -0.463 e. The number of esters is 4. The predicted octanol–water partition coefficient (Wildman–Crippen LogP) is 2.57. The van der Waals surface area contributed by atoms with Gasteiger partial charge in [-0.05, 0) is 18.2 Å². The van der Waals surface area contributed by atoms with E-state index in [9.17, 15) is 24.0 Å². The first-order chi connectivity index (χ1) is 21.9. The number of rotatable bonds is 11. The number of anilines is 1. The van der Waals surface area contributed by atoms with E-state index in [0.717, 1.165) is 26.3 Å². The van der Waals surface area contributed by atoms with Gasteiger partial charge in [-0.1, -0.05) is 41.9 Å². The van der Waals surface area contributed by atoms with Crippen molar-refractivity contribution in [2.45, 2.75) is 64.6 Å². The number of benzodiazepines with no additional fused rings is 1. The van der Waals surface area contributed by atoms with E-state index in [1.165, 1.54) is 6.92 Å². The normalized spacial score (nSPS) is 23.9. The van der Waals surface area contributed by atoms with Crippen molar-refractivity contribution < 1.29 is 57.1 Å². The van der Waals surface area contributed by atoms with Crippen molar-refractivity contribution in [3.8, 4) is 0 Å². The van der Waals surface area contributed by atoms with Gasteiger partial charge in [-0.25, -0.2) is 4.99 Å². The van der Waals surface area contributed by atoms with E-state index in [4.69, 9.17) is 44.8 Å². The quantitative estimate of drug-likeness (QED) is 0.212. The lowest BCUT2D eigenvalue weighted by atomic mass is 9.98. The molecule has 246 valence electrons. The number of nitrogens with one attached hydrogen (secondary N) is 1. The predicted molar refractivity (Wildman–Crippen MR) is 160 cm³/mol. The number of hydrogen-bond donors (Lipinski definition) is 1. The summed E-state index contributed by atoms with van der Waals surface area (Å²) in [5, 5.41) is 3.25. The molecule has 46 heavy (non-hydrogen) atoms. The van der Waals surface area contributed by atoms with Crippen molar-refractivity contribution in [1.82, 2.24) is 0 Å². The third-order valence-corrected chi connectivity index (χ3v) is 6.84. The largest absolute Gasteiger partial charge is 0.463 e. The highest BCUT2D eigenvalue weighted by Gasteiger charge is 2.52. The number of hydrogen-bond acceptors (Lipinski definition) is 13. The number of ether oxygens (including phenoxy) is 7. The summed E-state index contributed by atoms with van der Waals surface area (Å²) in [6, 6.07) is 14.2. The summed E-state index contributed by atoms with van der Waals surface area (Å²) in [5.41, 5.74) is 2.30. The van der Waals surface area contributed by atoms with E-state index < -0.39 is 73.3 Å². The highest BCUT2D eigenvalue weighted by molar-refractivity contribution is 6.32. The van der Waals surface area contributed by atoms with Crippen molar-refractivity contribution >= 4 is 52.8 Å². The van der Waals surface area contributed by atoms with E-state index in [1.54, 1.807) is 18.2 Å². The monoisotopic (exact) mass is 660 g/mol. The van der Waals surface area contributed by atoms with Crippen molar-refractivity contribution in [2.24, 2.45) is 4.99 Å². The summed E-state index contributed by atoms with van der Waals surface area (Å²) < 4.78 is 38.8. The third-order valence-electron chi connectivity index (χ3n) is 6.60. The molecule has 2 aliphatic heterocycles. The van der Waals surface area contributed by atoms with Gasteiger partial charge < -0.3 is 38.5 Å². The molecular weight excluding hydrogens is 628 g/mol. The van der Waals surface area contributed by atoms with Gasteiger partial charge in [0.1, 0.15) is 12.7 Å². The van der Waals surface area contributed by atoms with Crippen LogP contribution in [0, 0.1) is 0 Å². The van der Waals surface area contributed by atoms with E-state index in [2.05, 4.69) is 10.3 Å². The first kappa shape index (κ1) is 34.5. The van der Waals surface area contributed by atoms with E-state index in [-0.39, 0.29) is 13.2 Å². The Kier molecular flexibility index (Phi) is 11.8. The van der Waals surface area contributed by atoms with Gasteiger partial charge in [-0.2, -0.15) is 0 Å². The topological polar surface area (TPSA) is 174 Å². The van der Waals surface area contributed by atoms with Gasteiger partial charge in [0, 0.05) is 43.8 Å². The Balaban J connectivity index is 1.54. The van der Waals surface area contributed by atoms with Crippen LogP contribution in [0.3, 0.4) is 0 Å². The van der Waals surface area contributed by atoms with E-state index in [1.807, 2.05) is 30.3 Å². The lowest BCUT2D eigenvalue weighted by Crippen LogP contribution is -2.63. The maximum atomic E-state index is 13.1. The second-order valence-corrected chi connectivity index (χ2v) is 10.6. The molecule has 2 aliphatic rings. The smallest absolute Gasteiger partial charge is 0.303 e. The molecule has 1 N–H and O–H groups in total. The molecule has 4 rings (SSSR count). The molecule has 1 amide bonds. The fourth-order valence-corrected chi connectivity index (χ4v) is 5.02. The first-order valence-electron chi connectivity index (χ1n) is 14.2. The zero-order valence-electron chi connectivity index (χ0n) is 25.4. The molecule has 6 atom stereocenters. The van der Waals surface area contributed by atoms with Crippen LogP contribution in [0.4, 0.5) is 5.69 Å². The number of carbonyl (C=O) groups excluding carboxylic acids is 5. The van der Waals surface area contributed by atoms with Crippen LogP contribution in [0.15, 0.2) is 53.5 Å². The Morgan fingerprint density at radius 2 is 1.46 bits per heavy atom. The number of aliphatic imine (C=N–C) groups is 1. The van der Waals surface area contributed by atoms with Crippen LogP contribution in [0.1, 0.15) is 38.8 Å². The number of nitrogens with zero attached hydrogens (tertiary/aromatic N) is 1. The van der Waals surface area contributed by atoms with Gasteiger partial charge in [0.05, 0.1) is 24.6 Å². The van der Waals surface area contributed by atoms with Gasteiger partial charge in [0.2, 0.25) is 6.23 Å². The molecule has 2 aromatic rings. The Labute approximate surface area is 269 Å². The molecule has 2 heterocycles. The van der Waals surface area contributed by atoms with Crippen LogP contribution < -0.4 is 5.32 Å². The van der Waals surface area contributed by atoms with Crippen molar-refractivity contribution in [3.63, 3.8) is 0 Å². The lowest BCUT2D eigenvalue weighted by molar-refractivity contribution is -0.309. The number of halogens is 1. The molecule has 1 fully saturated rings. The second-order valence-electron chi connectivity index (χ2n) is 10.2. The van der Waals surface area contributed by atoms with Crippen LogP contribution in [0.25, 0.3) is 0 Å². The van der Waals surface area contributed by atoms with Gasteiger partial charge in [-0.15, -0.1) is 0 Å². The van der Waals surface area contributed by atoms with Gasteiger partial charge in [0.25, 0.3) is 5.91 Å². The van der Waals surface area contributed by atoms with Crippen molar-refractivity contribution in [2.75, 3.05) is 25.1 Å². The maximum absolute atomic E-state index is 13.1. The molecule has 0 aromatic heterocycles. The molecule has 0 saturated carbocycles. The van der Waals surface area contributed by atoms with Gasteiger partial charge in [-0.3, -0.25) is 24.0 Å². The molecule has 0 radical (unpaired) electrons. The highest BCUT2D eigenvalue weighted by atomic mass is 35.5. The van der Waals surface area contributed by atoms with Gasteiger partial charge in [0.15, 0.2) is 24.6 Å². The Bertz CT molecular complexity index is 1480. The first-order valence-corrected chi connectivity index (χ1v) is 14.6. The minimum atomic E-state index is -1.40.